The Bertz CT molecular complexity index is 525. The highest BCUT2D eigenvalue weighted by Crippen LogP contribution is 2.28. The maximum Gasteiger partial charge on any atom is 0.118 e. The number of benzene rings is 2. The van der Waals surface area contributed by atoms with Crippen LogP contribution in [0.15, 0.2) is 53.0 Å². The molecular formula is C16H18BrNO. The van der Waals surface area contributed by atoms with E-state index >= 15 is 0 Å². The van der Waals surface area contributed by atoms with E-state index in [1.807, 2.05) is 30.3 Å². The minimum Gasteiger partial charge on any atom is -0.497 e. The molecule has 0 aromatic heterocycles. The van der Waals surface area contributed by atoms with Crippen LogP contribution in [0.3, 0.4) is 0 Å². The number of anilines is 1. The van der Waals surface area contributed by atoms with E-state index in [1.54, 1.807) is 7.11 Å². The van der Waals surface area contributed by atoms with Crippen LogP contribution in [-0.2, 0) is 0 Å². The summed E-state index contributed by atoms with van der Waals surface area (Å²) in [6.45, 7) is 2.18. The minimum absolute atomic E-state index is 0.296. The first-order valence-corrected chi connectivity index (χ1v) is 7.19. The Morgan fingerprint density at radius 1 is 1.11 bits per heavy atom. The lowest BCUT2D eigenvalue weighted by Crippen LogP contribution is -2.09. The van der Waals surface area contributed by atoms with Crippen molar-refractivity contribution in [1.29, 1.82) is 0 Å². The van der Waals surface area contributed by atoms with Crippen LogP contribution in [0.1, 0.15) is 24.9 Å². The molecule has 1 atom stereocenters. The molecule has 1 unspecified atom stereocenters. The number of halogens is 1. The zero-order valence-corrected chi connectivity index (χ0v) is 12.8. The molecule has 0 aliphatic heterocycles. The van der Waals surface area contributed by atoms with Gasteiger partial charge in [0.15, 0.2) is 0 Å². The third-order valence-electron chi connectivity index (χ3n) is 3.13. The SMILES string of the molecule is CCC(Nc1ccccc1Br)c1ccc(OC)cc1. The number of methoxy groups -OCH3 is 1. The van der Waals surface area contributed by atoms with E-state index in [0.29, 0.717) is 6.04 Å². The lowest BCUT2D eigenvalue weighted by molar-refractivity contribution is 0.414. The molecule has 0 spiro atoms. The summed E-state index contributed by atoms with van der Waals surface area (Å²) in [5, 5.41) is 3.56. The molecule has 0 heterocycles. The molecule has 1 N–H and O–H groups in total. The quantitative estimate of drug-likeness (QED) is 0.835. The lowest BCUT2D eigenvalue weighted by atomic mass is 10.0. The van der Waals surface area contributed by atoms with Gasteiger partial charge in [-0.3, -0.25) is 0 Å². The predicted octanol–water partition coefficient (Wildman–Crippen LogP) is 5.02. The maximum absolute atomic E-state index is 5.19. The molecule has 0 saturated heterocycles. The normalized spacial score (nSPS) is 11.9. The van der Waals surface area contributed by atoms with Crippen molar-refractivity contribution in [2.75, 3.05) is 12.4 Å². The number of hydrogen-bond acceptors (Lipinski definition) is 2. The van der Waals surface area contributed by atoms with Crippen molar-refractivity contribution in [2.24, 2.45) is 0 Å². The van der Waals surface area contributed by atoms with Crippen LogP contribution in [0.4, 0.5) is 5.69 Å². The Hall–Kier alpha value is -1.48. The van der Waals surface area contributed by atoms with Gasteiger partial charge in [0.25, 0.3) is 0 Å². The van der Waals surface area contributed by atoms with Gasteiger partial charge in [0.2, 0.25) is 0 Å². The van der Waals surface area contributed by atoms with Crippen LogP contribution in [0.2, 0.25) is 0 Å². The second-order valence-corrected chi connectivity index (χ2v) is 5.21. The first-order valence-electron chi connectivity index (χ1n) is 6.39. The van der Waals surface area contributed by atoms with Gasteiger partial charge in [-0.05, 0) is 52.2 Å². The second kappa shape index (κ2) is 6.62. The third kappa shape index (κ3) is 3.51. The summed E-state index contributed by atoms with van der Waals surface area (Å²) in [5.41, 5.74) is 2.38. The van der Waals surface area contributed by atoms with Gasteiger partial charge in [0, 0.05) is 10.2 Å². The highest BCUT2D eigenvalue weighted by Gasteiger charge is 2.10. The molecule has 0 saturated carbocycles. The summed E-state index contributed by atoms with van der Waals surface area (Å²) >= 11 is 3.57. The summed E-state index contributed by atoms with van der Waals surface area (Å²) in [6, 6.07) is 16.7. The van der Waals surface area contributed by atoms with Crippen molar-refractivity contribution in [3.8, 4) is 5.75 Å². The Kier molecular flexibility index (Phi) is 4.86. The monoisotopic (exact) mass is 319 g/mol. The summed E-state index contributed by atoms with van der Waals surface area (Å²) in [5.74, 6) is 0.888. The molecule has 0 amide bonds. The lowest BCUT2D eigenvalue weighted by Gasteiger charge is -2.20. The Morgan fingerprint density at radius 2 is 1.79 bits per heavy atom. The van der Waals surface area contributed by atoms with Crippen molar-refractivity contribution in [2.45, 2.75) is 19.4 Å². The van der Waals surface area contributed by atoms with Crippen molar-refractivity contribution in [1.82, 2.24) is 0 Å². The third-order valence-corrected chi connectivity index (χ3v) is 3.82. The van der Waals surface area contributed by atoms with Gasteiger partial charge < -0.3 is 10.1 Å². The summed E-state index contributed by atoms with van der Waals surface area (Å²) in [6.07, 6.45) is 1.02. The molecule has 2 rings (SSSR count). The van der Waals surface area contributed by atoms with Crippen molar-refractivity contribution in [3.63, 3.8) is 0 Å². The van der Waals surface area contributed by atoms with Crippen molar-refractivity contribution in [3.05, 3.63) is 58.6 Å². The van der Waals surface area contributed by atoms with Crippen molar-refractivity contribution >= 4 is 21.6 Å². The van der Waals surface area contributed by atoms with Gasteiger partial charge in [0.05, 0.1) is 13.2 Å². The fourth-order valence-corrected chi connectivity index (χ4v) is 2.42. The van der Waals surface area contributed by atoms with E-state index in [-0.39, 0.29) is 0 Å². The molecule has 3 heteroatoms. The van der Waals surface area contributed by atoms with Gasteiger partial charge in [-0.2, -0.15) is 0 Å². The molecule has 0 radical (unpaired) electrons. The summed E-state index contributed by atoms with van der Waals surface area (Å²) < 4.78 is 6.28. The van der Waals surface area contributed by atoms with Crippen LogP contribution >= 0.6 is 15.9 Å². The maximum atomic E-state index is 5.19. The molecular weight excluding hydrogens is 302 g/mol. The number of para-hydroxylation sites is 1. The number of nitrogens with one attached hydrogen (secondary N) is 1. The van der Waals surface area contributed by atoms with E-state index < -0.39 is 0 Å². The van der Waals surface area contributed by atoms with Gasteiger partial charge >= 0.3 is 0 Å². The van der Waals surface area contributed by atoms with Gasteiger partial charge in [-0.25, -0.2) is 0 Å². The predicted molar refractivity (Wildman–Crippen MR) is 83.8 cm³/mol. The average molecular weight is 320 g/mol. The Labute approximate surface area is 122 Å². The average Bonchev–Trinajstić information content (AvgIpc) is 2.47. The molecule has 2 nitrogen and oxygen atoms in total. The van der Waals surface area contributed by atoms with Crippen LogP contribution < -0.4 is 10.1 Å². The van der Waals surface area contributed by atoms with E-state index in [4.69, 9.17) is 4.74 Å². The second-order valence-electron chi connectivity index (χ2n) is 4.36. The number of rotatable bonds is 5. The first kappa shape index (κ1) is 13.9. The molecule has 2 aromatic rings. The molecule has 19 heavy (non-hydrogen) atoms. The highest BCUT2D eigenvalue weighted by molar-refractivity contribution is 9.10. The Morgan fingerprint density at radius 3 is 2.37 bits per heavy atom. The zero-order valence-electron chi connectivity index (χ0n) is 11.2. The summed E-state index contributed by atoms with van der Waals surface area (Å²) in [7, 11) is 1.69. The fourth-order valence-electron chi connectivity index (χ4n) is 2.02. The van der Waals surface area contributed by atoms with Crippen LogP contribution in [0.5, 0.6) is 5.75 Å². The van der Waals surface area contributed by atoms with Crippen LogP contribution in [0, 0.1) is 0 Å². The molecule has 0 fully saturated rings. The standard InChI is InChI=1S/C16H18BrNO/c1-3-15(12-8-10-13(19-2)11-9-12)18-16-7-5-4-6-14(16)17/h4-11,15,18H,3H2,1-2H3. The van der Waals surface area contributed by atoms with Crippen LogP contribution in [-0.4, -0.2) is 7.11 Å². The smallest absolute Gasteiger partial charge is 0.118 e. The van der Waals surface area contributed by atoms with Crippen LogP contribution in [0.25, 0.3) is 0 Å². The van der Waals surface area contributed by atoms with Gasteiger partial charge in [-0.15, -0.1) is 0 Å². The molecule has 0 aliphatic rings. The van der Waals surface area contributed by atoms with Gasteiger partial charge in [0.1, 0.15) is 5.75 Å². The van der Waals surface area contributed by atoms with E-state index in [0.717, 1.165) is 22.3 Å². The molecule has 0 aliphatic carbocycles. The first-order chi connectivity index (χ1) is 9.24. The highest BCUT2D eigenvalue weighted by atomic mass is 79.9. The van der Waals surface area contributed by atoms with Gasteiger partial charge in [-0.1, -0.05) is 31.2 Å². The molecule has 100 valence electrons. The van der Waals surface area contributed by atoms with E-state index in [9.17, 15) is 0 Å². The number of ether oxygens (including phenoxy) is 1. The fraction of sp³-hybridized carbons (Fsp3) is 0.250. The topological polar surface area (TPSA) is 21.3 Å². The van der Waals surface area contributed by atoms with E-state index in [2.05, 4.69) is 46.4 Å². The molecule has 2 aromatic carbocycles. The van der Waals surface area contributed by atoms with E-state index in [1.165, 1.54) is 5.56 Å². The number of hydrogen-bond donors (Lipinski definition) is 1. The summed E-state index contributed by atoms with van der Waals surface area (Å²) in [4.78, 5) is 0. The largest absolute Gasteiger partial charge is 0.497 e. The van der Waals surface area contributed by atoms with Crippen molar-refractivity contribution < 1.29 is 4.74 Å². The molecule has 0 bridgehead atoms. The zero-order chi connectivity index (χ0) is 13.7. The minimum atomic E-state index is 0.296. The Balaban J connectivity index is 2.17.